The molecule has 0 saturated heterocycles. The van der Waals surface area contributed by atoms with Crippen LogP contribution in [0.2, 0.25) is 0 Å². The summed E-state index contributed by atoms with van der Waals surface area (Å²) in [6.45, 7) is 3.89. The van der Waals surface area contributed by atoms with E-state index in [4.69, 9.17) is 0 Å². The maximum atomic E-state index is 13.3. The Balaban J connectivity index is 1.56. The number of nitrogens with zero attached hydrogens (tertiary/aromatic N) is 2. The Labute approximate surface area is 199 Å². The molecule has 4 aromatic rings. The lowest BCUT2D eigenvalue weighted by Crippen LogP contribution is -2.42. The molecule has 2 amide bonds. The molecule has 0 aliphatic carbocycles. The highest BCUT2D eigenvalue weighted by molar-refractivity contribution is 7.99. The van der Waals surface area contributed by atoms with E-state index in [0.29, 0.717) is 21.7 Å². The maximum absolute atomic E-state index is 13.3. The SMILES string of the molecule is Cc1cc(C)cc(-n2c(SCC(=O)NNC(=O)c3ccc(F)cc3)nc3ccccc3c2=O)c1. The molecular weight excluding hydrogens is 455 g/mol. The Kier molecular flexibility index (Phi) is 6.74. The van der Waals surface area contributed by atoms with Gasteiger partial charge in [-0.15, -0.1) is 0 Å². The molecule has 3 aromatic carbocycles. The highest BCUT2D eigenvalue weighted by Gasteiger charge is 2.16. The fraction of sp³-hybridized carbons (Fsp3) is 0.120. The topological polar surface area (TPSA) is 93.1 Å². The summed E-state index contributed by atoms with van der Waals surface area (Å²) in [5, 5.41) is 0.829. The second-order valence-corrected chi connectivity index (χ2v) is 8.64. The van der Waals surface area contributed by atoms with Crippen LogP contribution in [0.5, 0.6) is 0 Å². The van der Waals surface area contributed by atoms with Gasteiger partial charge in [-0.25, -0.2) is 9.37 Å². The Morgan fingerprint density at radius 1 is 0.971 bits per heavy atom. The van der Waals surface area contributed by atoms with Crippen LogP contribution in [0.4, 0.5) is 4.39 Å². The van der Waals surface area contributed by atoms with E-state index in [1.54, 1.807) is 24.3 Å². The number of carbonyl (C=O) groups excluding carboxylic acids is 2. The van der Waals surface area contributed by atoms with Crippen LogP contribution in [0.1, 0.15) is 21.5 Å². The number of aromatic nitrogens is 2. The van der Waals surface area contributed by atoms with Gasteiger partial charge in [0.05, 0.1) is 22.3 Å². The van der Waals surface area contributed by atoms with Crippen molar-refractivity contribution < 1.29 is 14.0 Å². The molecule has 4 rings (SSSR count). The van der Waals surface area contributed by atoms with Crippen LogP contribution in [-0.2, 0) is 4.79 Å². The average Bonchev–Trinajstić information content (AvgIpc) is 2.81. The van der Waals surface area contributed by atoms with E-state index in [-0.39, 0.29) is 16.9 Å². The van der Waals surface area contributed by atoms with Gasteiger partial charge in [-0.3, -0.25) is 29.8 Å². The molecule has 0 aliphatic heterocycles. The number of hydrogen-bond acceptors (Lipinski definition) is 5. The summed E-state index contributed by atoms with van der Waals surface area (Å²) in [6, 6.07) is 17.8. The maximum Gasteiger partial charge on any atom is 0.269 e. The largest absolute Gasteiger partial charge is 0.272 e. The molecule has 1 heterocycles. The van der Waals surface area contributed by atoms with Gasteiger partial charge in [0.15, 0.2) is 5.16 Å². The van der Waals surface area contributed by atoms with Crippen LogP contribution in [0.3, 0.4) is 0 Å². The van der Waals surface area contributed by atoms with Gasteiger partial charge < -0.3 is 0 Å². The van der Waals surface area contributed by atoms with Crippen LogP contribution >= 0.6 is 11.8 Å². The Morgan fingerprint density at radius 3 is 2.35 bits per heavy atom. The van der Waals surface area contributed by atoms with Gasteiger partial charge in [0.1, 0.15) is 5.82 Å². The molecular formula is C25H21FN4O3S. The fourth-order valence-electron chi connectivity index (χ4n) is 3.48. The number of nitrogens with one attached hydrogen (secondary N) is 2. The van der Waals surface area contributed by atoms with Crippen molar-refractivity contribution in [3.05, 3.63) is 99.6 Å². The number of carbonyl (C=O) groups is 2. The van der Waals surface area contributed by atoms with E-state index in [0.717, 1.165) is 35.0 Å². The number of thioether (sulfide) groups is 1. The van der Waals surface area contributed by atoms with E-state index in [1.807, 2.05) is 32.0 Å². The number of halogens is 1. The quantitative estimate of drug-likeness (QED) is 0.260. The summed E-state index contributed by atoms with van der Waals surface area (Å²) in [5.41, 5.74) is 7.76. The summed E-state index contributed by atoms with van der Waals surface area (Å²) in [7, 11) is 0. The zero-order valence-corrected chi connectivity index (χ0v) is 19.3. The predicted molar refractivity (Wildman–Crippen MR) is 130 cm³/mol. The predicted octanol–water partition coefficient (Wildman–Crippen LogP) is 3.69. The summed E-state index contributed by atoms with van der Waals surface area (Å²) in [4.78, 5) is 42.5. The highest BCUT2D eigenvalue weighted by atomic mass is 32.2. The van der Waals surface area contributed by atoms with E-state index >= 15 is 0 Å². The summed E-state index contributed by atoms with van der Waals surface area (Å²) in [6.07, 6.45) is 0. The third-order valence-corrected chi connectivity index (χ3v) is 5.90. The van der Waals surface area contributed by atoms with Gasteiger partial charge >= 0.3 is 0 Å². The van der Waals surface area contributed by atoms with Gasteiger partial charge in [0.2, 0.25) is 5.91 Å². The first-order chi connectivity index (χ1) is 16.3. The third kappa shape index (κ3) is 5.15. The van der Waals surface area contributed by atoms with E-state index in [2.05, 4.69) is 15.8 Å². The number of rotatable bonds is 5. The number of aryl methyl sites for hydroxylation is 2. The lowest BCUT2D eigenvalue weighted by molar-refractivity contribution is -0.119. The van der Waals surface area contributed by atoms with E-state index in [1.165, 1.54) is 16.7 Å². The third-order valence-electron chi connectivity index (χ3n) is 4.96. The molecule has 172 valence electrons. The van der Waals surface area contributed by atoms with Crippen molar-refractivity contribution in [2.75, 3.05) is 5.75 Å². The van der Waals surface area contributed by atoms with E-state index in [9.17, 15) is 18.8 Å². The molecule has 0 bridgehead atoms. The van der Waals surface area contributed by atoms with Crippen molar-refractivity contribution in [2.45, 2.75) is 19.0 Å². The first kappa shape index (κ1) is 23.2. The number of benzene rings is 3. The van der Waals surface area contributed by atoms with Crippen molar-refractivity contribution in [2.24, 2.45) is 0 Å². The molecule has 0 fully saturated rings. The highest BCUT2D eigenvalue weighted by Crippen LogP contribution is 2.22. The van der Waals surface area contributed by atoms with Crippen molar-refractivity contribution in [3.63, 3.8) is 0 Å². The standard InChI is InChI=1S/C25H21FN4O3S/c1-15-11-16(2)13-19(12-15)30-24(33)20-5-3-4-6-21(20)27-25(30)34-14-22(31)28-29-23(32)17-7-9-18(26)10-8-17/h3-13H,14H2,1-2H3,(H,28,31)(H,29,32). The molecule has 0 atom stereocenters. The molecule has 9 heteroatoms. The molecule has 0 saturated carbocycles. The first-order valence-electron chi connectivity index (χ1n) is 10.4. The number of fused-ring (bicyclic) bond motifs is 1. The normalized spacial score (nSPS) is 10.8. The molecule has 0 aliphatic rings. The van der Waals surface area contributed by atoms with Crippen LogP contribution in [0.15, 0.2) is 76.7 Å². The average molecular weight is 477 g/mol. The molecule has 7 nitrogen and oxygen atoms in total. The van der Waals surface area contributed by atoms with Gasteiger partial charge in [0.25, 0.3) is 11.5 Å². The Morgan fingerprint density at radius 2 is 1.65 bits per heavy atom. The van der Waals surface area contributed by atoms with Gasteiger partial charge in [-0.05, 0) is 73.5 Å². The van der Waals surface area contributed by atoms with Gasteiger partial charge in [0, 0.05) is 5.56 Å². The fourth-order valence-corrected chi connectivity index (χ4v) is 4.30. The number of hydrogen-bond donors (Lipinski definition) is 2. The van der Waals surface area contributed by atoms with Crippen molar-refractivity contribution in [1.82, 2.24) is 20.4 Å². The molecule has 0 unspecified atom stereocenters. The second kappa shape index (κ2) is 9.88. The number of hydrazine groups is 1. The molecule has 34 heavy (non-hydrogen) atoms. The van der Waals surface area contributed by atoms with Crippen molar-refractivity contribution in [3.8, 4) is 5.69 Å². The Bertz CT molecular complexity index is 1430. The second-order valence-electron chi connectivity index (χ2n) is 7.70. The van der Waals surface area contributed by atoms with Gasteiger partial charge in [-0.1, -0.05) is 30.0 Å². The zero-order valence-electron chi connectivity index (χ0n) is 18.5. The monoisotopic (exact) mass is 476 g/mol. The lowest BCUT2D eigenvalue weighted by Gasteiger charge is -2.14. The summed E-state index contributed by atoms with van der Waals surface area (Å²) >= 11 is 1.08. The van der Waals surface area contributed by atoms with Crippen LogP contribution in [0, 0.1) is 19.7 Å². The van der Waals surface area contributed by atoms with Crippen molar-refractivity contribution >= 4 is 34.5 Å². The minimum absolute atomic E-state index is 0.0979. The Hall–Kier alpha value is -3.98. The van der Waals surface area contributed by atoms with Crippen LogP contribution in [0.25, 0.3) is 16.6 Å². The summed E-state index contributed by atoms with van der Waals surface area (Å²) in [5.74, 6) is -1.63. The minimum Gasteiger partial charge on any atom is -0.272 e. The number of amides is 2. The first-order valence-corrected chi connectivity index (χ1v) is 11.4. The zero-order chi connectivity index (χ0) is 24.2. The van der Waals surface area contributed by atoms with Crippen LogP contribution < -0.4 is 16.4 Å². The molecule has 0 radical (unpaired) electrons. The van der Waals surface area contributed by atoms with Gasteiger partial charge in [-0.2, -0.15) is 0 Å². The van der Waals surface area contributed by atoms with Crippen LogP contribution in [-0.4, -0.2) is 27.1 Å². The smallest absolute Gasteiger partial charge is 0.269 e. The molecule has 1 aromatic heterocycles. The molecule has 2 N–H and O–H groups in total. The minimum atomic E-state index is -0.575. The number of para-hydroxylation sites is 1. The van der Waals surface area contributed by atoms with E-state index < -0.39 is 17.6 Å². The summed E-state index contributed by atoms with van der Waals surface area (Å²) < 4.78 is 14.5. The molecule has 0 spiro atoms. The lowest BCUT2D eigenvalue weighted by atomic mass is 10.1. The van der Waals surface area contributed by atoms with Crippen molar-refractivity contribution in [1.29, 1.82) is 0 Å².